The average Bonchev–Trinajstić information content (AvgIpc) is 2.64. The number of benzene rings is 2. The van der Waals surface area contributed by atoms with Crippen LogP contribution in [0.15, 0.2) is 54.6 Å². The Kier molecular flexibility index (Phi) is 7.07. The van der Waals surface area contributed by atoms with E-state index in [1.165, 1.54) is 0 Å². The molecular formula is C18H22N2O4. The topological polar surface area (TPSA) is 90.8 Å². The van der Waals surface area contributed by atoms with E-state index in [0.29, 0.717) is 6.54 Å². The minimum atomic E-state index is -0.786. The van der Waals surface area contributed by atoms with Gasteiger partial charge in [0.05, 0.1) is 12.7 Å². The van der Waals surface area contributed by atoms with Gasteiger partial charge in [0.1, 0.15) is 6.61 Å². The fourth-order valence-electron chi connectivity index (χ4n) is 1.99. The van der Waals surface area contributed by atoms with Gasteiger partial charge < -0.3 is 25.6 Å². The number of hydrogen-bond acceptors (Lipinski definition) is 5. The van der Waals surface area contributed by atoms with Crippen LogP contribution in [0.3, 0.4) is 0 Å². The molecule has 1 unspecified atom stereocenters. The molecule has 0 radical (unpaired) electrons. The third kappa shape index (κ3) is 6.28. The molecule has 128 valence electrons. The van der Waals surface area contributed by atoms with Crippen molar-refractivity contribution in [3.05, 3.63) is 65.7 Å². The number of nitrogens with one attached hydrogen (secondary N) is 2. The summed E-state index contributed by atoms with van der Waals surface area (Å²) in [4.78, 5) is 11.7. The SMILES string of the molecule is O=C(NCc1ccc(NCC(O)CO)cc1)OCc1ccccc1. The predicted octanol–water partition coefficient (Wildman–Crippen LogP) is 1.88. The molecule has 24 heavy (non-hydrogen) atoms. The van der Waals surface area contributed by atoms with Crippen LogP contribution in [0.4, 0.5) is 10.5 Å². The van der Waals surface area contributed by atoms with Gasteiger partial charge in [0.15, 0.2) is 0 Å². The van der Waals surface area contributed by atoms with Crippen LogP contribution >= 0.6 is 0 Å². The van der Waals surface area contributed by atoms with Crippen LogP contribution in [-0.4, -0.2) is 35.6 Å². The number of aliphatic hydroxyl groups is 2. The first-order valence-electron chi connectivity index (χ1n) is 7.73. The first-order valence-corrected chi connectivity index (χ1v) is 7.73. The number of carbonyl (C=O) groups excluding carboxylic acids is 1. The maximum absolute atomic E-state index is 11.7. The van der Waals surface area contributed by atoms with Crippen molar-refractivity contribution in [2.24, 2.45) is 0 Å². The lowest BCUT2D eigenvalue weighted by atomic mass is 10.2. The summed E-state index contributed by atoms with van der Waals surface area (Å²) in [5.74, 6) is 0. The molecule has 0 saturated carbocycles. The van der Waals surface area contributed by atoms with Crippen molar-refractivity contribution >= 4 is 11.8 Å². The fraction of sp³-hybridized carbons (Fsp3) is 0.278. The Morgan fingerprint density at radius 2 is 1.75 bits per heavy atom. The van der Waals surface area contributed by atoms with E-state index in [9.17, 15) is 9.90 Å². The number of amides is 1. The molecule has 0 aliphatic rings. The zero-order valence-corrected chi connectivity index (χ0v) is 13.3. The number of carbonyl (C=O) groups is 1. The van der Waals surface area contributed by atoms with Gasteiger partial charge in [-0.15, -0.1) is 0 Å². The first-order chi connectivity index (χ1) is 11.7. The summed E-state index contributed by atoms with van der Waals surface area (Å²) in [6.45, 7) is 0.607. The van der Waals surface area contributed by atoms with E-state index in [4.69, 9.17) is 9.84 Å². The Hall–Kier alpha value is -2.57. The highest BCUT2D eigenvalue weighted by atomic mass is 16.5. The lowest BCUT2D eigenvalue weighted by Gasteiger charge is -2.11. The largest absolute Gasteiger partial charge is 0.445 e. The van der Waals surface area contributed by atoms with Crippen LogP contribution in [0, 0.1) is 0 Å². The predicted molar refractivity (Wildman–Crippen MR) is 91.5 cm³/mol. The number of ether oxygens (including phenoxy) is 1. The van der Waals surface area contributed by atoms with Crippen molar-refractivity contribution in [3.63, 3.8) is 0 Å². The van der Waals surface area contributed by atoms with Crippen molar-refractivity contribution < 1.29 is 19.7 Å². The van der Waals surface area contributed by atoms with E-state index >= 15 is 0 Å². The van der Waals surface area contributed by atoms with Crippen LogP contribution in [0.2, 0.25) is 0 Å². The molecule has 1 amide bonds. The fourth-order valence-corrected chi connectivity index (χ4v) is 1.99. The van der Waals surface area contributed by atoms with Gasteiger partial charge in [0, 0.05) is 18.8 Å². The monoisotopic (exact) mass is 330 g/mol. The van der Waals surface area contributed by atoms with E-state index in [0.717, 1.165) is 16.8 Å². The van der Waals surface area contributed by atoms with Crippen LogP contribution in [0.1, 0.15) is 11.1 Å². The van der Waals surface area contributed by atoms with Gasteiger partial charge in [-0.25, -0.2) is 4.79 Å². The highest BCUT2D eigenvalue weighted by Gasteiger charge is 2.04. The first kappa shape index (κ1) is 17.8. The van der Waals surface area contributed by atoms with E-state index in [1.54, 1.807) is 0 Å². The minimum absolute atomic E-state index is 0.239. The Bertz CT molecular complexity index is 617. The van der Waals surface area contributed by atoms with Gasteiger partial charge in [-0.1, -0.05) is 42.5 Å². The molecule has 2 rings (SSSR count). The molecule has 0 aromatic heterocycles. The second-order valence-electron chi connectivity index (χ2n) is 5.33. The quantitative estimate of drug-likeness (QED) is 0.593. The van der Waals surface area contributed by atoms with Gasteiger partial charge in [-0.3, -0.25) is 0 Å². The van der Waals surface area contributed by atoms with Crippen LogP contribution < -0.4 is 10.6 Å². The molecule has 1 atom stereocenters. The second-order valence-corrected chi connectivity index (χ2v) is 5.33. The van der Waals surface area contributed by atoms with Crippen molar-refractivity contribution in [1.29, 1.82) is 0 Å². The zero-order valence-electron chi connectivity index (χ0n) is 13.3. The molecule has 0 heterocycles. The summed E-state index contributed by atoms with van der Waals surface area (Å²) >= 11 is 0. The molecular weight excluding hydrogens is 308 g/mol. The molecule has 6 heteroatoms. The summed E-state index contributed by atoms with van der Waals surface area (Å²) in [6, 6.07) is 16.9. The van der Waals surface area contributed by atoms with E-state index < -0.39 is 12.2 Å². The summed E-state index contributed by atoms with van der Waals surface area (Å²) < 4.78 is 5.14. The van der Waals surface area contributed by atoms with Crippen molar-refractivity contribution in [2.75, 3.05) is 18.5 Å². The Labute approximate surface area is 141 Å². The minimum Gasteiger partial charge on any atom is -0.445 e. The lowest BCUT2D eigenvalue weighted by Crippen LogP contribution is -2.24. The third-order valence-electron chi connectivity index (χ3n) is 3.36. The molecule has 2 aromatic rings. The smallest absolute Gasteiger partial charge is 0.407 e. The highest BCUT2D eigenvalue weighted by Crippen LogP contribution is 2.09. The average molecular weight is 330 g/mol. The molecule has 4 N–H and O–H groups in total. The normalized spacial score (nSPS) is 11.6. The van der Waals surface area contributed by atoms with E-state index in [2.05, 4.69) is 10.6 Å². The summed E-state index contributed by atoms with van der Waals surface area (Å²) in [6.07, 6.45) is -1.25. The number of alkyl carbamates (subject to hydrolysis) is 1. The molecule has 0 saturated heterocycles. The number of rotatable bonds is 8. The maximum atomic E-state index is 11.7. The summed E-state index contributed by atoms with van der Waals surface area (Å²) in [7, 11) is 0. The third-order valence-corrected chi connectivity index (χ3v) is 3.36. The molecule has 0 fully saturated rings. The molecule has 6 nitrogen and oxygen atoms in total. The van der Waals surface area contributed by atoms with Gasteiger partial charge in [-0.05, 0) is 23.3 Å². The summed E-state index contributed by atoms with van der Waals surface area (Å²) in [5, 5.41) is 23.7. The Balaban J connectivity index is 1.70. The van der Waals surface area contributed by atoms with Crippen LogP contribution in [-0.2, 0) is 17.9 Å². The van der Waals surface area contributed by atoms with Crippen molar-refractivity contribution in [1.82, 2.24) is 5.32 Å². The van der Waals surface area contributed by atoms with Crippen molar-refractivity contribution in [3.8, 4) is 0 Å². The number of hydrogen-bond donors (Lipinski definition) is 4. The van der Waals surface area contributed by atoms with Crippen LogP contribution in [0.5, 0.6) is 0 Å². The van der Waals surface area contributed by atoms with E-state index in [1.807, 2.05) is 54.6 Å². The zero-order chi connectivity index (χ0) is 17.2. The second kappa shape index (κ2) is 9.54. The number of anilines is 1. The molecule has 2 aromatic carbocycles. The number of aliphatic hydroxyl groups excluding tert-OH is 2. The van der Waals surface area contributed by atoms with Gasteiger partial charge >= 0.3 is 6.09 Å². The molecule has 0 spiro atoms. The van der Waals surface area contributed by atoms with Gasteiger partial charge in [0.25, 0.3) is 0 Å². The van der Waals surface area contributed by atoms with Gasteiger partial charge in [0.2, 0.25) is 0 Å². The summed E-state index contributed by atoms with van der Waals surface area (Å²) in [5.41, 5.74) is 2.70. The Morgan fingerprint density at radius 1 is 1.04 bits per heavy atom. The standard InChI is InChI=1S/C18H22N2O4/c21-12-17(22)11-19-16-8-6-14(7-9-16)10-20-18(23)24-13-15-4-2-1-3-5-15/h1-9,17,19,21-22H,10-13H2,(H,20,23). The molecule has 0 aliphatic heterocycles. The molecule has 0 aliphatic carbocycles. The Morgan fingerprint density at radius 3 is 2.42 bits per heavy atom. The lowest BCUT2D eigenvalue weighted by molar-refractivity contribution is 0.105. The maximum Gasteiger partial charge on any atom is 0.407 e. The highest BCUT2D eigenvalue weighted by molar-refractivity contribution is 5.67. The van der Waals surface area contributed by atoms with Crippen LogP contribution in [0.25, 0.3) is 0 Å². The van der Waals surface area contributed by atoms with E-state index in [-0.39, 0.29) is 19.8 Å². The van der Waals surface area contributed by atoms with Crippen molar-refractivity contribution in [2.45, 2.75) is 19.3 Å². The van der Waals surface area contributed by atoms with Gasteiger partial charge in [-0.2, -0.15) is 0 Å². The molecule has 0 bridgehead atoms.